The molecule has 1 aliphatic rings. The van der Waals surface area contributed by atoms with Gasteiger partial charge in [-0.05, 0) is 43.0 Å². The molecule has 1 aromatic rings. The summed E-state index contributed by atoms with van der Waals surface area (Å²) < 4.78 is 0. The molecule has 0 bridgehead atoms. The predicted octanol–water partition coefficient (Wildman–Crippen LogP) is 2.69. The Hall–Kier alpha value is -1.35. The van der Waals surface area contributed by atoms with E-state index in [1.165, 1.54) is 6.42 Å². The van der Waals surface area contributed by atoms with Crippen molar-refractivity contribution in [2.75, 3.05) is 13.1 Å². The van der Waals surface area contributed by atoms with Gasteiger partial charge >= 0.3 is 0 Å². The zero-order valence-electron chi connectivity index (χ0n) is 9.49. The van der Waals surface area contributed by atoms with E-state index in [-0.39, 0.29) is 5.91 Å². The number of amides is 1. The van der Waals surface area contributed by atoms with E-state index in [4.69, 9.17) is 11.6 Å². The molecule has 0 spiro atoms. The van der Waals surface area contributed by atoms with Crippen LogP contribution in [0, 0.1) is 0 Å². The highest BCUT2D eigenvalue weighted by Crippen LogP contribution is 2.15. The van der Waals surface area contributed by atoms with Gasteiger partial charge in [0, 0.05) is 24.2 Å². The maximum absolute atomic E-state index is 12.1. The average Bonchev–Trinajstić information content (AvgIpc) is 2.39. The molecule has 4 heteroatoms. The monoisotopic (exact) mass is 251 g/mol. The zero-order chi connectivity index (χ0) is 12.3. The number of hydrogen-bond acceptors (Lipinski definition) is 2. The molecule has 0 aliphatic carbocycles. The fraction of sp³-hybridized carbons (Fsp3) is 0.385. The normalized spacial score (nSPS) is 15.7. The lowest BCUT2D eigenvalue weighted by atomic mass is 10.1. The summed E-state index contributed by atoms with van der Waals surface area (Å²) in [6.45, 7) is 1.61. The lowest BCUT2D eigenvalue weighted by molar-refractivity contribution is 0.0724. The predicted molar refractivity (Wildman–Crippen MR) is 66.4 cm³/mol. The fourth-order valence-corrected chi connectivity index (χ4v) is 2.17. The molecule has 90 valence electrons. The SMILES string of the molecule is O=C(Cl)c1cccc(C(=O)N2CCCCC2)c1. The quantitative estimate of drug-likeness (QED) is 0.758. The molecule has 0 atom stereocenters. The van der Waals surface area contributed by atoms with Gasteiger partial charge in [0.15, 0.2) is 0 Å². The molecular weight excluding hydrogens is 238 g/mol. The van der Waals surface area contributed by atoms with Gasteiger partial charge in [-0.2, -0.15) is 0 Å². The second-order valence-electron chi connectivity index (χ2n) is 4.21. The van der Waals surface area contributed by atoms with Crippen molar-refractivity contribution < 1.29 is 9.59 Å². The molecule has 1 aromatic carbocycles. The smallest absolute Gasteiger partial charge is 0.253 e. The van der Waals surface area contributed by atoms with Gasteiger partial charge in [0.25, 0.3) is 11.1 Å². The van der Waals surface area contributed by atoms with Gasteiger partial charge in [-0.3, -0.25) is 9.59 Å². The number of halogens is 1. The number of carbonyl (C=O) groups is 2. The minimum Gasteiger partial charge on any atom is -0.339 e. The number of benzene rings is 1. The molecule has 1 amide bonds. The standard InChI is InChI=1S/C13H14ClNO2/c14-12(16)10-5-4-6-11(9-10)13(17)15-7-2-1-3-8-15/h4-6,9H,1-3,7-8H2. The molecule has 0 N–H and O–H groups in total. The molecular formula is C13H14ClNO2. The molecule has 3 nitrogen and oxygen atoms in total. The first-order valence-corrected chi connectivity index (χ1v) is 6.15. The fourth-order valence-electron chi connectivity index (χ4n) is 2.05. The second-order valence-corrected chi connectivity index (χ2v) is 4.55. The molecule has 2 rings (SSSR count). The van der Waals surface area contributed by atoms with E-state index in [9.17, 15) is 9.59 Å². The van der Waals surface area contributed by atoms with E-state index in [2.05, 4.69) is 0 Å². The molecule has 0 aromatic heterocycles. The van der Waals surface area contributed by atoms with Crippen molar-refractivity contribution in [2.45, 2.75) is 19.3 Å². The van der Waals surface area contributed by atoms with E-state index in [0.29, 0.717) is 11.1 Å². The maximum Gasteiger partial charge on any atom is 0.253 e. The molecule has 17 heavy (non-hydrogen) atoms. The highest BCUT2D eigenvalue weighted by molar-refractivity contribution is 6.67. The Morgan fingerprint density at radius 1 is 1.06 bits per heavy atom. The van der Waals surface area contributed by atoms with E-state index in [1.807, 2.05) is 4.90 Å². The van der Waals surface area contributed by atoms with Crippen molar-refractivity contribution in [1.82, 2.24) is 4.90 Å². The molecule has 1 heterocycles. The van der Waals surface area contributed by atoms with E-state index < -0.39 is 5.24 Å². The second kappa shape index (κ2) is 5.32. The maximum atomic E-state index is 12.1. The van der Waals surface area contributed by atoms with Gasteiger partial charge in [-0.15, -0.1) is 0 Å². The summed E-state index contributed by atoms with van der Waals surface area (Å²) >= 11 is 5.40. The Morgan fingerprint density at radius 2 is 1.71 bits per heavy atom. The molecule has 0 radical (unpaired) electrons. The minimum atomic E-state index is -0.529. The van der Waals surface area contributed by atoms with Crippen molar-refractivity contribution in [1.29, 1.82) is 0 Å². The van der Waals surface area contributed by atoms with Crippen LogP contribution in [0.25, 0.3) is 0 Å². The third kappa shape index (κ3) is 2.86. The first kappa shape index (κ1) is 12.1. The number of piperidine rings is 1. The van der Waals surface area contributed by atoms with Crippen molar-refractivity contribution in [3.05, 3.63) is 35.4 Å². The highest BCUT2D eigenvalue weighted by Gasteiger charge is 2.18. The summed E-state index contributed by atoms with van der Waals surface area (Å²) in [5.74, 6) is -0.00975. The summed E-state index contributed by atoms with van der Waals surface area (Å²) in [5.41, 5.74) is 0.910. The highest BCUT2D eigenvalue weighted by atomic mass is 35.5. The lowest BCUT2D eigenvalue weighted by Gasteiger charge is -2.26. The van der Waals surface area contributed by atoms with Crippen LogP contribution in [0.3, 0.4) is 0 Å². The Balaban J connectivity index is 2.18. The minimum absolute atomic E-state index is 0.00975. The summed E-state index contributed by atoms with van der Waals surface area (Å²) in [5, 5.41) is -0.529. The number of carbonyl (C=O) groups excluding carboxylic acids is 2. The van der Waals surface area contributed by atoms with Crippen LogP contribution in [-0.4, -0.2) is 29.1 Å². The summed E-state index contributed by atoms with van der Waals surface area (Å²) in [6.07, 6.45) is 3.30. The Labute approximate surface area is 105 Å². The molecule has 1 saturated heterocycles. The van der Waals surface area contributed by atoms with E-state index >= 15 is 0 Å². The molecule has 1 aliphatic heterocycles. The van der Waals surface area contributed by atoms with Gasteiger partial charge < -0.3 is 4.90 Å². The third-order valence-electron chi connectivity index (χ3n) is 2.98. The van der Waals surface area contributed by atoms with Gasteiger partial charge in [-0.1, -0.05) is 12.1 Å². The Kier molecular flexibility index (Phi) is 3.79. The van der Waals surface area contributed by atoms with Crippen LogP contribution in [-0.2, 0) is 0 Å². The van der Waals surface area contributed by atoms with Crippen LogP contribution in [0.5, 0.6) is 0 Å². The Bertz CT molecular complexity index is 439. The number of rotatable bonds is 2. The van der Waals surface area contributed by atoms with E-state index in [0.717, 1.165) is 25.9 Å². The van der Waals surface area contributed by atoms with Crippen LogP contribution in [0.1, 0.15) is 40.0 Å². The van der Waals surface area contributed by atoms with E-state index in [1.54, 1.807) is 24.3 Å². The van der Waals surface area contributed by atoms with Gasteiger partial charge in [0.05, 0.1) is 0 Å². The van der Waals surface area contributed by atoms with Gasteiger partial charge in [0.1, 0.15) is 0 Å². The first-order chi connectivity index (χ1) is 8.18. The van der Waals surface area contributed by atoms with Crippen LogP contribution in [0.15, 0.2) is 24.3 Å². The van der Waals surface area contributed by atoms with Crippen LogP contribution in [0.4, 0.5) is 0 Å². The Morgan fingerprint density at radius 3 is 2.35 bits per heavy atom. The van der Waals surface area contributed by atoms with Crippen LogP contribution in [0.2, 0.25) is 0 Å². The van der Waals surface area contributed by atoms with Crippen LogP contribution < -0.4 is 0 Å². The summed E-state index contributed by atoms with van der Waals surface area (Å²) in [7, 11) is 0. The van der Waals surface area contributed by atoms with Crippen molar-refractivity contribution in [3.63, 3.8) is 0 Å². The first-order valence-electron chi connectivity index (χ1n) is 5.77. The topological polar surface area (TPSA) is 37.4 Å². The molecule has 0 unspecified atom stereocenters. The number of likely N-dealkylation sites (tertiary alicyclic amines) is 1. The summed E-state index contributed by atoms with van der Waals surface area (Å²) in [4.78, 5) is 25.0. The van der Waals surface area contributed by atoms with Crippen LogP contribution >= 0.6 is 11.6 Å². The summed E-state index contributed by atoms with van der Waals surface area (Å²) in [6, 6.07) is 6.58. The molecule has 0 saturated carbocycles. The van der Waals surface area contributed by atoms with Gasteiger partial charge in [0.2, 0.25) is 0 Å². The van der Waals surface area contributed by atoms with Gasteiger partial charge in [-0.25, -0.2) is 0 Å². The number of nitrogens with zero attached hydrogens (tertiary/aromatic N) is 1. The lowest BCUT2D eigenvalue weighted by Crippen LogP contribution is -2.35. The van der Waals surface area contributed by atoms with Crippen molar-refractivity contribution in [3.8, 4) is 0 Å². The van der Waals surface area contributed by atoms with Crippen molar-refractivity contribution >= 4 is 22.8 Å². The average molecular weight is 252 g/mol. The third-order valence-corrected chi connectivity index (χ3v) is 3.20. The number of hydrogen-bond donors (Lipinski definition) is 0. The molecule has 1 fully saturated rings. The van der Waals surface area contributed by atoms with Crippen molar-refractivity contribution in [2.24, 2.45) is 0 Å². The largest absolute Gasteiger partial charge is 0.339 e. The zero-order valence-corrected chi connectivity index (χ0v) is 10.2.